The predicted octanol–water partition coefficient (Wildman–Crippen LogP) is 5.08. The molecular formula is C19H24N4O. The summed E-state index contributed by atoms with van der Waals surface area (Å²) in [5.74, 6) is 0. The molecule has 5 nitrogen and oxygen atoms in total. The zero-order chi connectivity index (χ0) is 16.6. The molecule has 3 N–H and O–H groups in total. The number of pyridine rings is 1. The molecule has 126 valence electrons. The minimum atomic E-state index is -0.298. The highest BCUT2D eigenvalue weighted by atomic mass is 16.2. The highest BCUT2D eigenvalue weighted by molar-refractivity contribution is 5.99. The van der Waals surface area contributed by atoms with Crippen molar-refractivity contribution in [2.45, 2.75) is 6.54 Å². The van der Waals surface area contributed by atoms with Crippen LogP contribution in [0.2, 0.25) is 0 Å². The van der Waals surface area contributed by atoms with E-state index in [1.54, 1.807) is 24.5 Å². The van der Waals surface area contributed by atoms with Crippen molar-refractivity contribution in [3.8, 4) is 0 Å². The molecule has 0 aliphatic carbocycles. The summed E-state index contributed by atoms with van der Waals surface area (Å²) in [6.07, 6.45) is 3.25. The van der Waals surface area contributed by atoms with Crippen LogP contribution in [0.1, 0.15) is 9.84 Å². The van der Waals surface area contributed by atoms with Crippen molar-refractivity contribution in [3.63, 3.8) is 0 Å². The topological polar surface area (TPSA) is 66.1 Å². The fourth-order valence-electron chi connectivity index (χ4n) is 2.20. The highest BCUT2D eigenvalue weighted by Gasteiger charge is 2.02. The summed E-state index contributed by atoms with van der Waals surface area (Å²) in [7, 11) is 0. The maximum absolute atomic E-state index is 11.9. The van der Waals surface area contributed by atoms with E-state index in [0.717, 1.165) is 17.9 Å². The molecule has 0 spiro atoms. The molecule has 3 aromatic rings. The number of nitrogens with zero attached hydrogens (tertiary/aromatic N) is 1. The van der Waals surface area contributed by atoms with Crippen molar-refractivity contribution >= 4 is 23.1 Å². The van der Waals surface area contributed by atoms with Crippen molar-refractivity contribution < 1.29 is 9.07 Å². The number of hydrogen-bond donors (Lipinski definition) is 3. The summed E-state index contributed by atoms with van der Waals surface area (Å²) >= 11 is 0. The number of aromatic nitrogens is 1. The molecule has 0 aliphatic rings. The number of rotatable bonds is 5. The molecule has 0 atom stereocenters. The van der Waals surface area contributed by atoms with Gasteiger partial charge in [-0.2, -0.15) is 0 Å². The second kappa shape index (κ2) is 7.78. The van der Waals surface area contributed by atoms with E-state index >= 15 is 0 Å². The number of anilines is 3. The zero-order valence-corrected chi connectivity index (χ0v) is 13.1. The molecule has 0 aliphatic heterocycles. The van der Waals surface area contributed by atoms with Gasteiger partial charge in [0, 0.05) is 28.4 Å². The van der Waals surface area contributed by atoms with Crippen molar-refractivity contribution in [1.82, 2.24) is 4.98 Å². The fourth-order valence-corrected chi connectivity index (χ4v) is 2.20. The second-order valence-corrected chi connectivity index (χ2v) is 5.24. The molecule has 5 heteroatoms. The Balaban J connectivity index is 0.00000225. The van der Waals surface area contributed by atoms with Gasteiger partial charge in [0.1, 0.15) is 0 Å². The lowest BCUT2D eigenvalue weighted by molar-refractivity contribution is 0.262. The molecular weight excluding hydrogens is 300 g/mol. The quantitative estimate of drug-likeness (QED) is 0.613. The van der Waals surface area contributed by atoms with Crippen LogP contribution in [0.15, 0.2) is 79.1 Å². The number of nitrogens with one attached hydrogen (secondary N) is 3. The first-order chi connectivity index (χ1) is 11.8. The largest absolute Gasteiger partial charge is 0.381 e. The van der Waals surface area contributed by atoms with Gasteiger partial charge in [-0.15, -0.1) is 0 Å². The maximum Gasteiger partial charge on any atom is 0.323 e. The van der Waals surface area contributed by atoms with E-state index in [1.807, 2.05) is 42.5 Å². The summed E-state index contributed by atoms with van der Waals surface area (Å²) in [5, 5.41) is 8.85. The zero-order valence-electron chi connectivity index (χ0n) is 13.1. The Labute approximate surface area is 145 Å². The van der Waals surface area contributed by atoms with E-state index < -0.39 is 0 Å². The molecule has 0 radical (unpaired) electrons. The number of hydrogen-bond acceptors (Lipinski definition) is 3. The van der Waals surface area contributed by atoms with E-state index in [-0.39, 0.29) is 10.3 Å². The number of carbonyl (C=O) groups is 1. The van der Waals surface area contributed by atoms with Gasteiger partial charge in [-0.25, -0.2) is 4.79 Å². The summed E-state index contributed by atoms with van der Waals surface area (Å²) in [6.45, 7) is 0.759. The molecule has 0 saturated heterocycles. The summed E-state index contributed by atoms with van der Waals surface area (Å²) in [4.78, 5) is 15.9. The minimum absolute atomic E-state index is 0. The molecule has 3 rings (SSSR count). The second-order valence-electron chi connectivity index (χ2n) is 5.24. The lowest BCUT2D eigenvalue weighted by Gasteiger charge is -2.09. The predicted molar refractivity (Wildman–Crippen MR) is 103 cm³/mol. The van der Waals surface area contributed by atoms with E-state index in [1.165, 1.54) is 5.56 Å². The van der Waals surface area contributed by atoms with Crippen LogP contribution in [0.3, 0.4) is 0 Å². The Hall–Kier alpha value is -3.34. The Bertz CT molecular complexity index is 787. The summed E-state index contributed by atoms with van der Waals surface area (Å²) in [5.41, 5.74) is 3.59. The van der Waals surface area contributed by atoms with E-state index in [0.29, 0.717) is 5.69 Å². The van der Waals surface area contributed by atoms with Crippen LogP contribution in [0.4, 0.5) is 21.9 Å². The Morgan fingerprint density at radius 1 is 0.833 bits per heavy atom. The van der Waals surface area contributed by atoms with E-state index in [4.69, 9.17) is 0 Å². The van der Waals surface area contributed by atoms with Crippen molar-refractivity contribution in [2.24, 2.45) is 0 Å². The molecule has 2 amide bonds. The number of carbonyl (C=O) groups excluding carboxylic acids is 1. The van der Waals surface area contributed by atoms with Crippen LogP contribution >= 0.6 is 0 Å². The monoisotopic (exact) mass is 324 g/mol. The van der Waals surface area contributed by atoms with Gasteiger partial charge in [-0.05, 0) is 42.0 Å². The van der Waals surface area contributed by atoms with Gasteiger partial charge in [-0.1, -0.05) is 30.3 Å². The third kappa shape index (κ3) is 4.58. The first-order valence-corrected chi connectivity index (χ1v) is 7.65. The average molecular weight is 324 g/mol. The van der Waals surface area contributed by atoms with Crippen LogP contribution in [-0.4, -0.2) is 11.0 Å². The van der Waals surface area contributed by atoms with Gasteiger partial charge in [0.25, 0.3) is 0 Å². The van der Waals surface area contributed by atoms with Gasteiger partial charge >= 0.3 is 6.03 Å². The van der Waals surface area contributed by atoms with Gasteiger partial charge in [-0.3, -0.25) is 4.98 Å². The maximum atomic E-state index is 11.9. The fraction of sp³-hybridized carbons (Fsp3) is 0.0526. The molecule has 1 aromatic heterocycles. The van der Waals surface area contributed by atoms with Crippen LogP contribution in [-0.2, 0) is 6.54 Å². The van der Waals surface area contributed by atoms with E-state index in [2.05, 4.69) is 33.1 Å². The minimum Gasteiger partial charge on any atom is -0.381 e. The number of urea groups is 1. The Kier molecular flexibility index (Phi) is 5.04. The Morgan fingerprint density at radius 2 is 1.54 bits per heavy atom. The highest BCUT2D eigenvalue weighted by Crippen LogP contribution is 2.15. The van der Waals surface area contributed by atoms with Gasteiger partial charge in [0.2, 0.25) is 0 Å². The van der Waals surface area contributed by atoms with Crippen molar-refractivity contribution in [3.05, 3.63) is 84.7 Å². The lowest BCUT2D eigenvalue weighted by Crippen LogP contribution is -2.19. The number of amides is 2. The van der Waals surface area contributed by atoms with Gasteiger partial charge < -0.3 is 16.0 Å². The molecule has 24 heavy (non-hydrogen) atoms. The average Bonchev–Trinajstić information content (AvgIpc) is 2.63. The third-order valence-electron chi connectivity index (χ3n) is 3.40. The molecule has 0 unspecified atom stereocenters. The van der Waals surface area contributed by atoms with Gasteiger partial charge in [0.05, 0.1) is 11.9 Å². The molecule has 0 fully saturated rings. The van der Waals surface area contributed by atoms with Crippen molar-refractivity contribution in [1.29, 1.82) is 0 Å². The Morgan fingerprint density at radius 3 is 2.25 bits per heavy atom. The van der Waals surface area contributed by atoms with Gasteiger partial charge in [0.15, 0.2) is 0 Å². The standard InChI is InChI=1S/C19H18N4O.3H2/c24-19(23-18-7-4-12-20-14-18)22-17-10-8-16(9-11-17)21-13-15-5-2-1-3-6-15;;;/h1-12,14,21H,13H2,(H2,22,23,24);3*1H. The molecule has 1 heterocycles. The first kappa shape index (κ1) is 15.6. The van der Waals surface area contributed by atoms with E-state index in [9.17, 15) is 4.79 Å². The SMILES string of the molecule is O=C(Nc1ccc(NCc2ccccc2)cc1)Nc1cccnc1.[HH].[HH].[HH]. The smallest absolute Gasteiger partial charge is 0.323 e. The molecule has 0 saturated carbocycles. The lowest BCUT2D eigenvalue weighted by atomic mass is 10.2. The van der Waals surface area contributed by atoms with Crippen LogP contribution in [0, 0.1) is 0 Å². The van der Waals surface area contributed by atoms with Crippen LogP contribution in [0.5, 0.6) is 0 Å². The summed E-state index contributed by atoms with van der Waals surface area (Å²) in [6, 6.07) is 21.0. The molecule has 2 aromatic carbocycles. The van der Waals surface area contributed by atoms with Crippen LogP contribution in [0.25, 0.3) is 0 Å². The summed E-state index contributed by atoms with van der Waals surface area (Å²) < 4.78 is 0. The molecule has 0 bridgehead atoms. The normalized spacial score (nSPS) is 10.0. The first-order valence-electron chi connectivity index (χ1n) is 7.65. The van der Waals surface area contributed by atoms with Crippen molar-refractivity contribution in [2.75, 3.05) is 16.0 Å². The van der Waals surface area contributed by atoms with Crippen LogP contribution < -0.4 is 16.0 Å². The third-order valence-corrected chi connectivity index (χ3v) is 3.40. The number of benzene rings is 2.